The van der Waals surface area contributed by atoms with Gasteiger partial charge in [-0.2, -0.15) is 0 Å². The van der Waals surface area contributed by atoms with Crippen molar-refractivity contribution in [3.05, 3.63) is 12.7 Å². The molecule has 2 saturated heterocycles. The average molecular weight is 301 g/mol. The van der Waals surface area contributed by atoms with Gasteiger partial charge in [0.15, 0.2) is 0 Å². The van der Waals surface area contributed by atoms with E-state index in [-0.39, 0.29) is 6.54 Å². The van der Waals surface area contributed by atoms with E-state index in [0.717, 1.165) is 39.1 Å². The summed E-state index contributed by atoms with van der Waals surface area (Å²) in [7, 11) is 0. The van der Waals surface area contributed by atoms with Crippen LogP contribution in [0.15, 0.2) is 12.7 Å². The maximum atomic E-state index is 14.5. The molecule has 0 radical (unpaired) electrons. The number of hydrogen-bond donors (Lipinski definition) is 0. The van der Waals surface area contributed by atoms with Gasteiger partial charge in [-0.25, -0.2) is 8.78 Å². The van der Waals surface area contributed by atoms with Crippen LogP contribution in [0.1, 0.15) is 26.7 Å². The minimum absolute atomic E-state index is 0.101. The van der Waals surface area contributed by atoms with Gasteiger partial charge in [0, 0.05) is 45.3 Å². The molecule has 0 amide bonds. The lowest BCUT2D eigenvalue weighted by molar-refractivity contribution is -0.133. The molecular weight excluding hydrogens is 272 g/mol. The van der Waals surface area contributed by atoms with Gasteiger partial charge in [0.1, 0.15) is 0 Å². The highest BCUT2D eigenvalue weighted by molar-refractivity contribution is 4.95. The van der Waals surface area contributed by atoms with Gasteiger partial charge in [-0.15, -0.1) is 6.58 Å². The molecule has 0 bridgehead atoms. The SMILES string of the molecule is C=CCCN1CCC(N2CCN(C(C)C)CC2)C(F)(F)C1. The van der Waals surface area contributed by atoms with Crippen LogP contribution in [0.3, 0.4) is 0 Å². The number of alkyl halides is 2. The third kappa shape index (κ3) is 4.24. The van der Waals surface area contributed by atoms with Gasteiger partial charge in [0.2, 0.25) is 0 Å². The molecular formula is C16H29F2N3. The maximum absolute atomic E-state index is 14.5. The van der Waals surface area contributed by atoms with Gasteiger partial charge in [-0.1, -0.05) is 6.08 Å². The van der Waals surface area contributed by atoms with E-state index in [1.165, 1.54) is 0 Å². The van der Waals surface area contributed by atoms with Gasteiger partial charge in [-0.05, 0) is 26.7 Å². The zero-order valence-electron chi connectivity index (χ0n) is 13.4. The first kappa shape index (κ1) is 16.8. The average Bonchev–Trinajstić information content (AvgIpc) is 2.44. The molecule has 2 heterocycles. The van der Waals surface area contributed by atoms with Gasteiger partial charge >= 0.3 is 0 Å². The second-order valence-electron chi connectivity index (χ2n) is 6.58. The molecule has 0 spiro atoms. The van der Waals surface area contributed by atoms with E-state index in [2.05, 4.69) is 25.3 Å². The number of piperidine rings is 1. The summed E-state index contributed by atoms with van der Waals surface area (Å²) in [5, 5.41) is 0. The highest BCUT2D eigenvalue weighted by Crippen LogP contribution is 2.32. The van der Waals surface area contributed by atoms with Crippen molar-refractivity contribution in [2.75, 3.05) is 45.8 Å². The zero-order valence-corrected chi connectivity index (χ0v) is 13.4. The molecule has 0 N–H and O–H groups in total. The minimum Gasteiger partial charge on any atom is -0.298 e. The minimum atomic E-state index is -2.60. The molecule has 0 aromatic rings. The van der Waals surface area contributed by atoms with Gasteiger partial charge in [-0.3, -0.25) is 14.7 Å². The van der Waals surface area contributed by atoms with Crippen molar-refractivity contribution in [3.63, 3.8) is 0 Å². The van der Waals surface area contributed by atoms with Crippen LogP contribution in [0.25, 0.3) is 0 Å². The van der Waals surface area contributed by atoms with Gasteiger partial charge < -0.3 is 0 Å². The summed E-state index contributed by atoms with van der Waals surface area (Å²) >= 11 is 0. The molecule has 21 heavy (non-hydrogen) atoms. The lowest BCUT2D eigenvalue weighted by Crippen LogP contribution is -2.62. The van der Waals surface area contributed by atoms with Crippen molar-refractivity contribution in [2.45, 2.75) is 44.7 Å². The van der Waals surface area contributed by atoms with Crippen molar-refractivity contribution in [3.8, 4) is 0 Å². The molecule has 122 valence electrons. The number of halogens is 2. The molecule has 0 saturated carbocycles. The number of rotatable bonds is 5. The van der Waals surface area contributed by atoms with E-state index in [1.807, 2.05) is 9.80 Å². The molecule has 0 aromatic carbocycles. The predicted molar refractivity (Wildman–Crippen MR) is 82.9 cm³/mol. The monoisotopic (exact) mass is 301 g/mol. The third-order valence-corrected chi connectivity index (χ3v) is 4.81. The molecule has 0 aliphatic carbocycles. The van der Waals surface area contributed by atoms with E-state index in [1.54, 1.807) is 6.08 Å². The van der Waals surface area contributed by atoms with E-state index < -0.39 is 12.0 Å². The highest BCUT2D eigenvalue weighted by Gasteiger charge is 2.47. The van der Waals surface area contributed by atoms with Crippen LogP contribution in [0, 0.1) is 0 Å². The number of nitrogens with zero attached hydrogens (tertiary/aromatic N) is 3. The first-order valence-corrected chi connectivity index (χ1v) is 8.13. The molecule has 2 fully saturated rings. The van der Waals surface area contributed by atoms with Crippen LogP contribution in [0.5, 0.6) is 0 Å². The Balaban J connectivity index is 1.88. The smallest absolute Gasteiger partial charge is 0.275 e. The molecule has 1 unspecified atom stereocenters. The summed E-state index contributed by atoms with van der Waals surface area (Å²) < 4.78 is 28.9. The quantitative estimate of drug-likeness (QED) is 0.722. The van der Waals surface area contributed by atoms with Gasteiger partial charge in [0.05, 0.1) is 12.6 Å². The second-order valence-corrected chi connectivity index (χ2v) is 6.58. The molecule has 3 nitrogen and oxygen atoms in total. The molecule has 1 atom stereocenters. The summed E-state index contributed by atoms with van der Waals surface area (Å²) in [6.07, 6.45) is 3.16. The van der Waals surface area contributed by atoms with Crippen LogP contribution < -0.4 is 0 Å². The Kier molecular flexibility index (Phi) is 5.74. The Morgan fingerprint density at radius 1 is 1.19 bits per heavy atom. The maximum Gasteiger partial charge on any atom is 0.275 e. The van der Waals surface area contributed by atoms with Crippen molar-refractivity contribution in [2.24, 2.45) is 0 Å². The molecule has 2 aliphatic heterocycles. The zero-order chi connectivity index (χ0) is 15.5. The molecule has 2 aliphatic rings. The highest BCUT2D eigenvalue weighted by atomic mass is 19.3. The van der Waals surface area contributed by atoms with E-state index >= 15 is 0 Å². The number of likely N-dealkylation sites (tertiary alicyclic amines) is 1. The summed E-state index contributed by atoms with van der Waals surface area (Å²) in [6, 6.07) is -0.0693. The van der Waals surface area contributed by atoms with Crippen molar-refractivity contribution in [1.82, 2.24) is 14.7 Å². The largest absolute Gasteiger partial charge is 0.298 e. The van der Waals surface area contributed by atoms with Crippen molar-refractivity contribution >= 4 is 0 Å². The second kappa shape index (κ2) is 7.16. The summed E-state index contributed by atoms with van der Waals surface area (Å²) in [4.78, 5) is 6.26. The molecule has 0 aromatic heterocycles. The first-order valence-electron chi connectivity index (χ1n) is 8.13. The van der Waals surface area contributed by atoms with E-state index in [4.69, 9.17) is 0 Å². The van der Waals surface area contributed by atoms with Crippen LogP contribution in [0.2, 0.25) is 0 Å². The first-order chi connectivity index (χ1) is 9.94. The summed E-state index contributed by atoms with van der Waals surface area (Å²) in [6.45, 7) is 12.7. The topological polar surface area (TPSA) is 9.72 Å². The van der Waals surface area contributed by atoms with Crippen LogP contribution in [0.4, 0.5) is 8.78 Å². The fourth-order valence-electron chi connectivity index (χ4n) is 3.48. The van der Waals surface area contributed by atoms with Crippen molar-refractivity contribution < 1.29 is 8.78 Å². The standard InChI is InChI=1S/C16H29F2N3/c1-4-5-7-19-8-6-15(16(17,18)13-19)21-11-9-20(10-12-21)14(2)3/h4,14-15H,1,5-13H2,2-3H3. The normalized spacial score (nSPS) is 28.9. The van der Waals surface area contributed by atoms with E-state index in [0.29, 0.717) is 19.0 Å². The predicted octanol–water partition coefficient (Wildman–Crippen LogP) is 2.30. The summed E-state index contributed by atoms with van der Waals surface area (Å²) in [5.74, 6) is -2.60. The Morgan fingerprint density at radius 3 is 2.38 bits per heavy atom. The Bertz CT molecular complexity index is 338. The molecule has 2 rings (SSSR count). The van der Waals surface area contributed by atoms with Crippen LogP contribution in [-0.2, 0) is 0 Å². The summed E-state index contributed by atoms with van der Waals surface area (Å²) in [5.41, 5.74) is 0. The lowest BCUT2D eigenvalue weighted by Gasteiger charge is -2.47. The Hall–Kier alpha value is -0.520. The van der Waals surface area contributed by atoms with Crippen LogP contribution >= 0.6 is 0 Å². The molecule has 5 heteroatoms. The third-order valence-electron chi connectivity index (χ3n) is 4.81. The lowest BCUT2D eigenvalue weighted by atomic mass is 9.97. The van der Waals surface area contributed by atoms with Crippen LogP contribution in [-0.4, -0.2) is 78.5 Å². The fraction of sp³-hybridized carbons (Fsp3) is 0.875. The van der Waals surface area contributed by atoms with E-state index in [9.17, 15) is 8.78 Å². The number of hydrogen-bond acceptors (Lipinski definition) is 3. The number of piperazine rings is 1. The fourth-order valence-corrected chi connectivity index (χ4v) is 3.48. The Morgan fingerprint density at radius 2 is 1.86 bits per heavy atom. The van der Waals surface area contributed by atoms with Gasteiger partial charge in [0.25, 0.3) is 5.92 Å². The Labute approximate surface area is 127 Å². The van der Waals surface area contributed by atoms with Crippen molar-refractivity contribution in [1.29, 1.82) is 0 Å².